The number of rotatable bonds is 5. The molecule has 0 spiro atoms. The average Bonchev–Trinajstić information content (AvgIpc) is 3.06. The van der Waals surface area contributed by atoms with E-state index in [9.17, 15) is 4.79 Å². The van der Waals surface area contributed by atoms with Crippen LogP contribution >= 0.6 is 11.3 Å². The summed E-state index contributed by atoms with van der Waals surface area (Å²) < 4.78 is 0. The first-order valence-electron chi connectivity index (χ1n) is 7.55. The molecule has 7 heteroatoms. The van der Waals surface area contributed by atoms with E-state index >= 15 is 0 Å². The van der Waals surface area contributed by atoms with Gasteiger partial charge in [0.2, 0.25) is 5.91 Å². The Kier molecular flexibility index (Phi) is 4.54. The van der Waals surface area contributed by atoms with Crippen molar-refractivity contribution in [3.63, 3.8) is 0 Å². The number of nitrogens with one attached hydrogen (secondary N) is 2. The van der Waals surface area contributed by atoms with E-state index in [1.807, 2.05) is 11.9 Å². The van der Waals surface area contributed by atoms with Gasteiger partial charge in [0.15, 0.2) is 5.13 Å². The molecule has 2 N–H and O–H groups in total. The second-order valence-electron chi connectivity index (χ2n) is 5.99. The molecule has 1 atom stereocenters. The minimum Gasteiger partial charge on any atom is -0.348 e. The second kappa shape index (κ2) is 6.58. The quantitative estimate of drug-likeness (QED) is 0.885. The SMILES string of the molecule is CC1CCc2nc(NC(=O)CN(C)Cc3ncc[nH]3)sc2C1. The number of aromatic nitrogens is 3. The number of amides is 1. The Labute approximate surface area is 134 Å². The van der Waals surface area contributed by atoms with E-state index in [4.69, 9.17) is 0 Å². The van der Waals surface area contributed by atoms with Crippen LogP contribution in [0.25, 0.3) is 0 Å². The van der Waals surface area contributed by atoms with E-state index in [2.05, 4.69) is 27.2 Å². The number of aromatic amines is 1. The Morgan fingerprint density at radius 1 is 1.59 bits per heavy atom. The van der Waals surface area contributed by atoms with Gasteiger partial charge in [0.25, 0.3) is 0 Å². The van der Waals surface area contributed by atoms with Crippen LogP contribution in [0, 0.1) is 5.92 Å². The predicted molar refractivity (Wildman–Crippen MR) is 86.9 cm³/mol. The number of imidazole rings is 1. The van der Waals surface area contributed by atoms with Gasteiger partial charge in [0, 0.05) is 17.3 Å². The van der Waals surface area contributed by atoms with Crippen molar-refractivity contribution in [2.75, 3.05) is 18.9 Å². The molecule has 0 saturated heterocycles. The van der Waals surface area contributed by atoms with Gasteiger partial charge in [0.1, 0.15) is 5.82 Å². The van der Waals surface area contributed by atoms with Gasteiger partial charge in [-0.2, -0.15) is 0 Å². The molecular weight excluding hydrogens is 298 g/mol. The van der Waals surface area contributed by atoms with E-state index in [1.165, 1.54) is 17.0 Å². The van der Waals surface area contributed by atoms with Crippen LogP contribution in [0.5, 0.6) is 0 Å². The number of thiazole rings is 1. The van der Waals surface area contributed by atoms with Crippen molar-refractivity contribution < 1.29 is 4.79 Å². The van der Waals surface area contributed by atoms with E-state index in [-0.39, 0.29) is 5.91 Å². The Morgan fingerprint density at radius 2 is 2.45 bits per heavy atom. The van der Waals surface area contributed by atoms with Crippen molar-refractivity contribution >= 4 is 22.4 Å². The molecule has 6 nitrogen and oxygen atoms in total. The van der Waals surface area contributed by atoms with E-state index in [0.717, 1.165) is 29.7 Å². The maximum Gasteiger partial charge on any atom is 0.240 e. The number of likely N-dealkylation sites (N-methyl/N-ethyl adjacent to an activating group) is 1. The van der Waals surface area contributed by atoms with Gasteiger partial charge in [0.05, 0.1) is 18.8 Å². The fraction of sp³-hybridized carbons (Fsp3) is 0.533. The first-order valence-corrected chi connectivity index (χ1v) is 8.37. The minimum atomic E-state index is -0.0341. The minimum absolute atomic E-state index is 0.0341. The van der Waals surface area contributed by atoms with Crippen LogP contribution in [0.2, 0.25) is 0 Å². The summed E-state index contributed by atoms with van der Waals surface area (Å²) in [6.07, 6.45) is 6.80. The molecule has 0 radical (unpaired) electrons. The highest BCUT2D eigenvalue weighted by Gasteiger charge is 2.20. The van der Waals surface area contributed by atoms with Crippen molar-refractivity contribution in [1.82, 2.24) is 19.9 Å². The fourth-order valence-electron chi connectivity index (χ4n) is 2.69. The number of carbonyl (C=O) groups is 1. The van der Waals surface area contributed by atoms with Crippen molar-refractivity contribution in [3.8, 4) is 0 Å². The number of nitrogens with zero attached hydrogens (tertiary/aromatic N) is 3. The molecule has 1 unspecified atom stereocenters. The average molecular weight is 319 g/mol. The Balaban J connectivity index is 1.53. The van der Waals surface area contributed by atoms with Crippen LogP contribution in [0.4, 0.5) is 5.13 Å². The molecule has 0 bridgehead atoms. The van der Waals surface area contributed by atoms with Crippen molar-refractivity contribution in [1.29, 1.82) is 0 Å². The monoisotopic (exact) mass is 319 g/mol. The second-order valence-corrected chi connectivity index (χ2v) is 7.08. The topological polar surface area (TPSA) is 73.9 Å². The Bertz CT molecular complexity index is 636. The lowest BCUT2D eigenvalue weighted by Gasteiger charge is -2.15. The van der Waals surface area contributed by atoms with Gasteiger partial charge in [-0.05, 0) is 32.2 Å². The zero-order chi connectivity index (χ0) is 15.5. The summed E-state index contributed by atoms with van der Waals surface area (Å²) in [6.45, 7) is 3.21. The molecule has 0 aliphatic heterocycles. The highest BCUT2D eigenvalue weighted by atomic mass is 32.1. The van der Waals surface area contributed by atoms with Crippen LogP contribution in [-0.4, -0.2) is 39.4 Å². The summed E-state index contributed by atoms with van der Waals surface area (Å²) in [5.74, 6) is 1.54. The molecule has 3 rings (SSSR count). The summed E-state index contributed by atoms with van der Waals surface area (Å²) in [5, 5.41) is 3.65. The highest BCUT2D eigenvalue weighted by molar-refractivity contribution is 7.15. The van der Waals surface area contributed by atoms with Gasteiger partial charge in [-0.3, -0.25) is 9.69 Å². The molecular formula is C15H21N5OS. The summed E-state index contributed by atoms with van der Waals surface area (Å²) in [7, 11) is 1.90. The van der Waals surface area contributed by atoms with E-state index in [0.29, 0.717) is 13.1 Å². The van der Waals surface area contributed by atoms with E-state index < -0.39 is 0 Å². The molecule has 2 aromatic heterocycles. The summed E-state index contributed by atoms with van der Waals surface area (Å²) in [6, 6.07) is 0. The number of hydrogen-bond donors (Lipinski definition) is 2. The molecule has 1 aliphatic rings. The highest BCUT2D eigenvalue weighted by Crippen LogP contribution is 2.31. The van der Waals surface area contributed by atoms with Gasteiger partial charge < -0.3 is 10.3 Å². The van der Waals surface area contributed by atoms with E-state index in [1.54, 1.807) is 23.7 Å². The third kappa shape index (κ3) is 3.72. The molecule has 1 amide bonds. The number of carbonyl (C=O) groups excluding carboxylic acids is 1. The largest absolute Gasteiger partial charge is 0.348 e. The zero-order valence-corrected chi connectivity index (χ0v) is 13.7. The number of hydrogen-bond acceptors (Lipinski definition) is 5. The van der Waals surface area contributed by atoms with Crippen LogP contribution in [-0.2, 0) is 24.2 Å². The maximum atomic E-state index is 12.1. The molecule has 0 fully saturated rings. The Hall–Kier alpha value is -1.73. The van der Waals surface area contributed by atoms with Crippen LogP contribution in [0.15, 0.2) is 12.4 Å². The molecule has 2 heterocycles. The summed E-state index contributed by atoms with van der Waals surface area (Å²) in [4.78, 5) is 27.1. The lowest BCUT2D eigenvalue weighted by atomic mass is 9.93. The van der Waals surface area contributed by atoms with Crippen LogP contribution in [0.3, 0.4) is 0 Å². The van der Waals surface area contributed by atoms with Gasteiger partial charge >= 0.3 is 0 Å². The lowest BCUT2D eigenvalue weighted by Crippen LogP contribution is -2.30. The van der Waals surface area contributed by atoms with Gasteiger partial charge in [-0.1, -0.05) is 6.92 Å². The van der Waals surface area contributed by atoms with Crippen molar-refractivity contribution in [2.45, 2.75) is 32.7 Å². The standard InChI is InChI=1S/C15H21N5OS/c1-10-3-4-11-12(7-10)22-15(18-11)19-14(21)9-20(2)8-13-16-5-6-17-13/h5-6,10H,3-4,7-9H2,1-2H3,(H,16,17)(H,18,19,21). The summed E-state index contributed by atoms with van der Waals surface area (Å²) >= 11 is 1.62. The fourth-order valence-corrected chi connectivity index (χ4v) is 3.88. The van der Waals surface area contributed by atoms with Crippen molar-refractivity contribution in [3.05, 3.63) is 28.8 Å². The van der Waals surface area contributed by atoms with Gasteiger partial charge in [-0.15, -0.1) is 11.3 Å². The smallest absolute Gasteiger partial charge is 0.240 e. The zero-order valence-electron chi connectivity index (χ0n) is 12.9. The number of H-pyrrole nitrogens is 1. The third-order valence-electron chi connectivity index (χ3n) is 3.82. The molecule has 2 aromatic rings. The Morgan fingerprint density at radius 3 is 3.23 bits per heavy atom. The third-order valence-corrected chi connectivity index (χ3v) is 4.86. The molecule has 0 saturated carbocycles. The molecule has 22 heavy (non-hydrogen) atoms. The maximum absolute atomic E-state index is 12.1. The van der Waals surface area contributed by atoms with Crippen LogP contribution < -0.4 is 5.32 Å². The van der Waals surface area contributed by atoms with Gasteiger partial charge in [-0.25, -0.2) is 9.97 Å². The van der Waals surface area contributed by atoms with Crippen LogP contribution in [0.1, 0.15) is 29.7 Å². The lowest BCUT2D eigenvalue weighted by molar-refractivity contribution is -0.117. The van der Waals surface area contributed by atoms with Crippen molar-refractivity contribution in [2.24, 2.45) is 5.92 Å². The molecule has 0 aromatic carbocycles. The number of fused-ring (bicyclic) bond motifs is 1. The predicted octanol–water partition coefficient (Wildman–Crippen LogP) is 2.06. The summed E-state index contributed by atoms with van der Waals surface area (Å²) in [5.41, 5.74) is 1.17. The first-order chi connectivity index (χ1) is 10.6. The molecule has 1 aliphatic carbocycles. The number of aryl methyl sites for hydroxylation is 1. The first kappa shape index (κ1) is 15.2. The number of anilines is 1. The normalized spacial score (nSPS) is 17.5. The molecule has 118 valence electrons.